The van der Waals surface area contributed by atoms with Gasteiger partial charge < -0.3 is 18.9 Å². The molecule has 5 heterocycles. The SMILES string of the molecule is CC(C)(C)c1ccc2sc3c(c2c1)N(c1ccc2c(c1)C(C)(C)CCC2(C)C)c1cc(N(c2ccccc2)c2ccccc2)cc2c1B3c1cccc3c4c(ccc5c6ccccc6n(-c6ccccc6)c54)n-2c13. The summed E-state index contributed by atoms with van der Waals surface area (Å²) in [7, 11) is 0. The molecule has 0 spiro atoms. The molecule has 0 N–H and O–H groups in total. The van der Waals surface area contributed by atoms with E-state index in [1.807, 2.05) is 11.3 Å². The molecule has 2 aliphatic heterocycles. The summed E-state index contributed by atoms with van der Waals surface area (Å²) in [6.45, 7) is 16.9. The number of thiophene rings is 1. The standard InChI is InChI=1S/C68H57BN4S/c1-66(2,3)42-30-35-59-51(38-42)64-65(74-59)69-54-28-19-27-50-60-56(34-32-49-48-26-17-18-29-55(48)71(63(49)60)45-24-15-10-16-25-45)73(62(50)54)58-41-47(70(43-20-11-8-12-21-43)44-22-13-9-14-23-44)40-57(61(58)69)72(64)46-31-33-52-53(39-46)68(6,7)37-36-67(52,4)5/h8-35,38-41H,36-37H2,1-7H3. The molecular weight excluding hydrogens is 916 g/mol. The molecule has 74 heavy (non-hydrogen) atoms. The van der Waals surface area contributed by atoms with E-state index in [0.717, 1.165) is 29.2 Å². The molecule has 0 unspecified atom stereocenters. The van der Waals surface area contributed by atoms with Gasteiger partial charge in [0.05, 0.1) is 27.9 Å². The van der Waals surface area contributed by atoms with Crippen LogP contribution in [0.25, 0.3) is 65.1 Å². The number of rotatable bonds is 5. The Kier molecular flexibility index (Phi) is 9.09. The molecule has 0 radical (unpaired) electrons. The van der Waals surface area contributed by atoms with Crippen molar-refractivity contribution in [3.63, 3.8) is 0 Å². The summed E-state index contributed by atoms with van der Waals surface area (Å²) < 4.78 is 7.90. The van der Waals surface area contributed by atoms with Crippen molar-refractivity contribution in [1.82, 2.24) is 9.13 Å². The second-order valence-corrected chi connectivity index (χ2v) is 24.7. The molecule has 358 valence electrons. The van der Waals surface area contributed by atoms with Gasteiger partial charge in [0.25, 0.3) is 6.71 Å². The molecule has 0 saturated heterocycles. The summed E-state index contributed by atoms with van der Waals surface area (Å²) in [5.41, 5.74) is 21.5. The van der Waals surface area contributed by atoms with Gasteiger partial charge in [-0.1, -0.05) is 158 Å². The largest absolute Gasteiger partial charge is 0.310 e. The second-order valence-electron chi connectivity index (χ2n) is 23.6. The minimum atomic E-state index is -0.0288. The third kappa shape index (κ3) is 6.09. The van der Waals surface area contributed by atoms with Crippen LogP contribution in [0.5, 0.6) is 0 Å². The van der Waals surface area contributed by atoms with Crippen molar-refractivity contribution >= 4 is 122 Å². The van der Waals surface area contributed by atoms with Gasteiger partial charge in [-0.15, -0.1) is 11.3 Å². The molecule has 0 amide bonds. The van der Waals surface area contributed by atoms with E-state index in [4.69, 9.17) is 0 Å². The van der Waals surface area contributed by atoms with Crippen molar-refractivity contribution in [3.8, 4) is 11.4 Å². The second kappa shape index (κ2) is 15.4. The van der Waals surface area contributed by atoms with Crippen LogP contribution in [0.3, 0.4) is 0 Å². The van der Waals surface area contributed by atoms with Gasteiger partial charge in [0.15, 0.2) is 0 Å². The van der Waals surface area contributed by atoms with Gasteiger partial charge in [0.2, 0.25) is 0 Å². The molecule has 6 heteroatoms. The lowest BCUT2D eigenvalue weighted by Crippen LogP contribution is -2.59. The molecule has 0 fully saturated rings. The molecule has 4 nitrogen and oxygen atoms in total. The lowest BCUT2D eigenvalue weighted by molar-refractivity contribution is 0.332. The minimum Gasteiger partial charge on any atom is -0.310 e. The van der Waals surface area contributed by atoms with Crippen LogP contribution in [0, 0.1) is 0 Å². The van der Waals surface area contributed by atoms with Crippen LogP contribution in [0.4, 0.5) is 34.1 Å². The quantitative estimate of drug-likeness (QED) is 0.160. The topological polar surface area (TPSA) is 16.3 Å². The van der Waals surface area contributed by atoms with Gasteiger partial charge in [-0.05, 0) is 142 Å². The van der Waals surface area contributed by atoms with E-state index in [9.17, 15) is 0 Å². The molecule has 0 saturated carbocycles. The number of aromatic nitrogens is 2. The fourth-order valence-electron chi connectivity index (χ4n) is 13.5. The smallest absolute Gasteiger partial charge is 0.264 e. The normalized spacial score (nSPS) is 15.3. The van der Waals surface area contributed by atoms with Gasteiger partial charge in [0.1, 0.15) is 0 Å². The Bertz CT molecular complexity index is 4260. The molecule has 12 aromatic rings. The van der Waals surface area contributed by atoms with Crippen LogP contribution in [0.1, 0.15) is 78.0 Å². The third-order valence-electron chi connectivity index (χ3n) is 17.3. The first-order valence-electron chi connectivity index (χ1n) is 26.5. The van der Waals surface area contributed by atoms with Gasteiger partial charge in [0, 0.05) is 76.0 Å². The Morgan fingerprint density at radius 3 is 1.89 bits per heavy atom. The van der Waals surface area contributed by atoms with Crippen molar-refractivity contribution in [1.29, 1.82) is 0 Å². The summed E-state index contributed by atoms with van der Waals surface area (Å²) >= 11 is 1.99. The van der Waals surface area contributed by atoms with Gasteiger partial charge in [-0.25, -0.2) is 0 Å². The summed E-state index contributed by atoms with van der Waals surface area (Å²) in [6, 6.07) is 73.7. The lowest BCUT2D eigenvalue weighted by atomic mass is 9.36. The Morgan fingerprint density at radius 2 is 1.16 bits per heavy atom. The van der Waals surface area contributed by atoms with Crippen molar-refractivity contribution in [2.75, 3.05) is 9.80 Å². The van der Waals surface area contributed by atoms with Crippen molar-refractivity contribution < 1.29 is 0 Å². The monoisotopic (exact) mass is 972 g/mol. The zero-order valence-corrected chi connectivity index (χ0v) is 44.0. The van der Waals surface area contributed by atoms with E-state index in [1.165, 1.54) is 115 Å². The average Bonchev–Trinajstić information content (AvgIpc) is 4.26. The van der Waals surface area contributed by atoms with Crippen molar-refractivity contribution in [3.05, 3.63) is 211 Å². The fraction of sp³-hybridized carbons (Fsp3) is 0.176. The maximum Gasteiger partial charge on any atom is 0.264 e. The number of nitrogens with zero attached hydrogens (tertiary/aromatic N) is 4. The Hall–Kier alpha value is -7.80. The van der Waals surface area contributed by atoms with Crippen LogP contribution in [-0.4, -0.2) is 15.8 Å². The van der Waals surface area contributed by atoms with E-state index in [0.29, 0.717) is 0 Å². The van der Waals surface area contributed by atoms with Gasteiger partial charge in [-0.2, -0.15) is 0 Å². The summed E-state index contributed by atoms with van der Waals surface area (Å²) in [5, 5.41) is 6.41. The molecule has 0 bridgehead atoms. The van der Waals surface area contributed by atoms with Crippen LogP contribution in [-0.2, 0) is 16.2 Å². The number of fused-ring (bicyclic) bond motifs is 14. The summed E-state index contributed by atoms with van der Waals surface area (Å²) in [5.74, 6) is 0. The Balaban J connectivity index is 1.13. The lowest BCUT2D eigenvalue weighted by Gasteiger charge is -2.44. The number of para-hydroxylation sites is 5. The van der Waals surface area contributed by atoms with E-state index in [-0.39, 0.29) is 23.0 Å². The molecule has 9 aromatic carbocycles. The number of hydrogen-bond donors (Lipinski definition) is 0. The zero-order chi connectivity index (χ0) is 50.0. The minimum absolute atomic E-state index is 0.0123. The summed E-state index contributed by atoms with van der Waals surface area (Å²) in [4.78, 5) is 5.17. The first-order chi connectivity index (χ1) is 35.9. The van der Waals surface area contributed by atoms with Crippen LogP contribution in [0.2, 0.25) is 0 Å². The zero-order valence-electron chi connectivity index (χ0n) is 43.2. The highest BCUT2D eigenvalue weighted by molar-refractivity contribution is 7.33. The van der Waals surface area contributed by atoms with E-state index >= 15 is 0 Å². The summed E-state index contributed by atoms with van der Waals surface area (Å²) in [6.07, 6.45) is 2.33. The number of hydrogen-bond acceptors (Lipinski definition) is 3. The molecule has 3 aliphatic rings. The maximum absolute atomic E-state index is 2.70. The fourth-order valence-corrected chi connectivity index (χ4v) is 14.8. The van der Waals surface area contributed by atoms with Crippen LogP contribution < -0.4 is 25.5 Å². The van der Waals surface area contributed by atoms with Crippen molar-refractivity contribution in [2.45, 2.75) is 77.6 Å². The molecule has 3 aromatic heterocycles. The molecular formula is C68H57BN4S. The molecule has 0 atom stereocenters. The molecule has 15 rings (SSSR count). The average molecular weight is 973 g/mol. The Morgan fingerprint density at radius 1 is 0.500 bits per heavy atom. The highest BCUT2D eigenvalue weighted by Crippen LogP contribution is 2.53. The van der Waals surface area contributed by atoms with Gasteiger partial charge in [-0.3, -0.25) is 0 Å². The highest BCUT2D eigenvalue weighted by atomic mass is 32.1. The van der Waals surface area contributed by atoms with Crippen molar-refractivity contribution in [2.24, 2.45) is 0 Å². The van der Waals surface area contributed by atoms with Gasteiger partial charge >= 0.3 is 0 Å². The first kappa shape index (κ1) is 43.8. The Labute approximate surface area is 437 Å². The van der Waals surface area contributed by atoms with Crippen LogP contribution in [0.15, 0.2) is 194 Å². The van der Waals surface area contributed by atoms with E-state index in [1.54, 1.807) is 0 Å². The predicted octanol–water partition coefficient (Wildman–Crippen LogP) is 16.8. The first-order valence-corrected chi connectivity index (χ1v) is 27.3. The number of benzene rings is 9. The third-order valence-corrected chi connectivity index (χ3v) is 18.5. The predicted molar refractivity (Wildman–Crippen MR) is 319 cm³/mol. The molecule has 1 aliphatic carbocycles. The van der Waals surface area contributed by atoms with E-state index < -0.39 is 0 Å². The highest BCUT2D eigenvalue weighted by Gasteiger charge is 2.46. The van der Waals surface area contributed by atoms with Crippen LogP contribution >= 0.6 is 11.3 Å². The maximum atomic E-state index is 2.70. The van der Waals surface area contributed by atoms with E-state index in [2.05, 4.69) is 262 Å². The number of anilines is 6.